The molecule has 108 valence electrons. The molecule has 2 nitrogen and oxygen atoms in total. The number of hydrogen-bond donors (Lipinski definition) is 1. The zero-order valence-electron chi connectivity index (χ0n) is 11.6. The maximum atomic E-state index is 13.7. The molecule has 3 rings (SSSR count). The van der Waals surface area contributed by atoms with Gasteiger partial charge in [-0.3, -0.25) is 4.90 Å². The Bertz CT molecular complexity index is 495. The molecule has 1 aromatic rings. The quantitative estimate of drug-likeness (QED) is 0.783. The molecule has 1 aromatic carbocycles. The Labute approximate surface area is 125 Å². The van der Waals surface area contributed by atoms with Gasteiger partial charge in [-0.15, -0.1) is 0 Å². The summed E-state index contributed by atoms with van der Waals surface area (Å²) in [5, 5.41) is 0. The molecule has 2 N–H and O–H groups in total. The van der Waals surface area contributed by atoms with Crippen LogP contribution >= 0.6 is 12.2 Å². The highest BCUT2D eigenvalue weighted by Gasteiger charge is 2.29. The van der Waals surface area contributed by atoms with E-state index in [0.29, 0.717) is 5.56 Å². The number of nitrogens with zero attached hydrogens (tertiary/aromatic N) is 1. The highest BCUT2D eigenvalue weighted by atomic mass is 32.1. The smallest absolute Gasteiger partial charge is 0.124 e. The molecule has 0 aliphatic heterocycles. The summed E-state index contributed by atoms with van der Waals surface area (Å²) in [6.07, 6.45) is 5.40. The Kier molecular flexibility index (Phi) is 4.03. The molecule has 0 heterocycles. The first-order valence-electron chi connectivity index (χ1n) is 7.42. The van der Waals surface area contributed by atoms with Crippen molar-refractivity contribution in [3.63, 3.8) is 0 Å². The summed E-state index contributed by atoms with van der Waals surface area (Å²) in [7, 11) is 0. The first-order valence-corrected chi connectivity index (χ1v) is 7.82. The minimum Gasteiger partial charge on any atom is -0.389 e. The van der Waals surface area contributed by atoms with Gasteiger partial charge in [0.2, 0.25) is 0 Å². The van der Waals surface area contributed by atoms with Crippen LogP contribution in [0.3, 0.4) is 0 Å². The first kappa shape index (κ1) is 14.0. The fourth-order valence-electron chi connectivity index (χ4n) is 2.68. The van der Waals surface area contributed by atoms with Crippen LogP contribution in [0.2, 0.25) is 0 Å². The molecule has 0 spiro atoms. The molecule has 0 radical (unpaired) electrons. The molecular weight excluding hydrogens is 271 g/mol. The van der Waals surface area contributed by atoms with E-state index in [9.17, 15) is 4.39 Å². The standard InChI is InChI=1S/C16H21FN2S/c17-15-6-13(5-14(7-15)16(18)20)10-19(8-11-1-2-11)9-12-3-4-12/h5-7,11-12H,1-4,8-10H2,(H2,18,20). The van der Waals surface area contributed by atoms with E-state index in [4.69, 9.17) is 18.0 Å². The van der Waals surface area contributed by atoms with Crippen molar-refractivity contribution in [2.75, 3.05) is 13.1 Å². The Morgan fingerprint density at radius 3 is 2.25 bits per heavy atom. The van der Waals surface area contributed by atoms with E-state index in [2.05, 4.69) is 4.90 Å². The lowest BCUT2D eigenvalue weighted by Crippen LogP contribution is -2.28. The molecular formula is C16H21FN2S. The molecule has 0 unspecified atom stereocenters. The van der Waals surface area contributed by atoms with Gasteiger partial charge in [-0.05, 0) is 61.3 Å². The van der Waals surface area contributed by atoms with E-state index in [1.807, 2.05) is 6.07 Å². The number of hydrogen-bond acceptors (Lipinski definition) is 2. The number of benzene rings is 1. The third-order valence-electron chi connectivity index (χ3n) is 4.07. The van der Waals surface area contributed by atoms with Gasteiger partial charge >= 0.3 is 0 Å². The van der Waals surface area contributed by atoms with Gasteiger partial charge in [0.05, 0.1) is 0 Å². The fourth-order valence-corrected chi connectivity index (χ4v) is 2.79. The van der Waals surface area contributed by atoms with E-state index in [1.54, 1.807) is 6.07 Å². The summed E-state index contributed by atoms with van der Waals surface area (Å²) in [6.45, 7) is 3.10. The van der Waals surface area contributed by atoms with Gasteiger partial charge in [-0.25, -0.2) is 4.39 Å². The van der Waals surface area contributed by atoms with Gasteiger partial charge in [0.1, 0.15) is 10.8 Å². The van der Waals surface area contributed by atoms with Gasteiger partial charge in [0.15, 0.2) is 0 Å². The van der Waals surface area contributed by atoms with Crippen LogP contribution in [0.5, 0.6) is 0 Å². The van der Waals surface area contributed by atoms with Crippen LogP contribution in [-0.2, 0) is 6.54 Å². The third-order valence-corrected chi connectivity index (χ3v) is 4.31. The second-order valence-corrected chi connectivity index (χ2v) is 6.73. The Morgan fingerprint density at radius 1 is 1.15 bits per heavy atom. The van der Waals surface area contributed by atoms with Crippen LogP contribution in [0.4, 0.5) is 4.39 Å². The van der Waals surface area contributed by atoms with Crippen LogP contribution < -0.4 is 5.73 Å². The molecule has 0 aromatic heterocycles. The average Bonchev–Trinajstić information content (AvgIpc) is 3.24. The number of halogens is 1. The van der Waals surface area contributed by atoms with E-state index >= 15 is 0 Å². The van der Waals surface area contributed by atoms with Crippen molar-refractivity contribution in [2.24, 2.45) is 17.6 Å². The van der Waals surface area contributed by atoms with Crippen molar-refractivity contribution < 1.29 is 4.39 Å². The van der Waals surface area contributed by atoms with Gasteiger partial charge in [0, 0.05) is 25.2 Å². The summed E-state index contributed by atoms with van der Waals surface area (Å²) in [5.41, 5.74) is 7.23. The van der Waals surface area contributed by atoms with Gasteiger partial charge in [-0.1, -0.05) is 12.2 Å². The minimum atomic E-state index is -0.247. The van der Waals surface area contributed by atoms with Gasteiger partial charge in [-0.2, -0.15) is 0 Å². The normalized spacial score (nSPS) is 18.5. The van der Waals surface area contributed by atoms with Crippen LogP contribution in [0.25, 0.3) is 0 Å². The van der Waals surface area contributed by atoms with E-state index in [0.717, 1.165) is 37.0 Å². The third kappa shape index (κ3) is 4.00. The van der Waals surface area contributed by atoms with Crippen molar-refractivity contribution >= 4 is 17.2 Å². The first-order chi connectivity index (χ1) is 9.60. The van der Waals surface area contributed by atoms with Crippen molar-refractivity contribution in [3.8, 4) is 0 Å². The monoisotopic (exact) mass is 292 g/mol. The zero-order valence-corrected chi connectivity index (χ0v) is 12.5. The maximum absolute atomic E-state index is 13.7. The predicted molar refractivity (Wildman–Crippen MR) is 83.0 cm³/mol. The number of thiocarbonyl (C=S) groups is 1. The topological polar surface area (TPSA) is 29.3 Å². The van der Waals surface area contributed by atoms with Crippen LogP contribution in [-0.4, -0.2) is 23.0 Å². The van der Waals surface area contributed by atoms with Crippen LogP contribution in [0.15, 0.2) is 18.2 Å². The Morgan fingerprint density at radius 2 is 1.75 bits per heavy atom. The lowest BCUT2D eigenvalue weighted by Gasteiger charge is -2.22. The van der Waals surface area contributed by atoms with E-state index in [1.165, 1.54) is 31.7 Å². The number of rotatable bonds is 7. The lowest BCUT2D eigenvalue weighted by atomic mass is 10.1. The van der Waals surface area contributed by atoms with E-state index in [-0.39, 0.29) is 10.8 Å². The van der Waals surface area contributed by atoms with Crippen molar-refractivity contribution in [1.29, 1.82) is 0 Å². The lowest BCUT2D eigenvalue weighted by molar-refractivity contribution is 0.244. The SMILES string of the molecule is NC(=S)c1cc(F)cc(CN(CC2CC2)CC2CC2)c1. The predicted octanol–water partition coefficient (Wildman–Crippen LogP) is 3.08. The van der Waals surface area contributed by atoms with Crippen LogP contribution in [0, 0.1) is 17.7 Å². The molecule has 0 bridgehead atoms. The molecule has 2 saturated carbocycles. The van der Waals surface area contributed by atoms with Crippen molar-refractivity contribution in [3.05, 3.63) is 35.1 Å². The number of nitrogens with two attached hydrogens (primary N) is 1. The summed E-state index contributed by atoms with van der Waals surface area (Å²) in [5.74, 6) is 1.47. The highest BCUT2D eigenvalue weighted by molar-refractivity contribution is 7.80. The van der Waals surface area contributed by atoms with Crippen molar-refractivity contribution in [2.45, 2.75) is 32.2 Å². The second-order valence-electron chi connectivity index (χ2n) is 6.29. The fraction of sp³-hybridized carbons (Fsp3) is 0.562. The Balaban J connectivity index is 1.70. The van der Waals surface area contributed by atoms with Crippen molar-refractivity contribution in [1.82, 2.24) is 4.90 Å². The van der Waals surface area contributed by atoms with E-state index < -0.39 is 0 Å². The molecule has 4 heteroatoms. The summed E-state index contributed by atoms with van der Waals surface area (Å²) < 4.78 is 13.7. The zero-order chi connectivity index (χ0) is 14.1. The highest BCUT2D eigenvalue weighted by Crippen LogP contribution is 2.34. The second kappa shape index (κ2) is 5.78. The summed E-state index contributed by atoms with van der Waals surface area (Å²) in [6, 6.07) is 4.95. The molecule has 2 aliphatic rings. The molecule has 0 saturated heterocycles. The molecule has 2 fully saturated rings. The molecule has 0 atom stereocenters. The van der Waals surface area contributed by atoms with Crippen LogP contribution in [0.1, 0.15) is 36.8 Å². The molecule has 20 heavy (non-hydrogen) atoms. The largest absolute Gasteiger partial charge is 0.389 e. The van der Waals surface area contributed by atoms with Gasteiger partial charge < -0.3 is 5.73 Å². The molecule has 0 amide bonds. The van der Waals surface area contributed by atoms with Gasteiger partial charge in [0.25, 0.3) is 0 Å². The molecule has 2 aliphatic carbocycles. The minimum absolute atomic E-state index is 0.247. The average molecular weight is 292 g/mol. The Hall–Kier alpha value is -1.00. The maximum Gasteiger partial charge on any atom is 0.124 e. The summed E-state index contributed by atoms with van der Waals surface area (Å²) >= 11 is 4.95. The summed E-state index contributed by atoms with van der Waals surface area (Å²) in [4.78, 5) is 2.75.